The summed E-state index contributed by atoms with van der Waals surface area (Å²) in [6.45, 7) is 17.2. The number of hydrogen-bond donors (Lipinski definition) is 0. The molecule has 1 fully saturated rings. The van der Waals surface area contributed by atoms with Gasteiger partial charge in [0, 0.05) is 23.9 Å². The van der Waals surface area contributed by atoms with Gasteiger partial charge in [0.15, 0.2) is 6.54 Å². The van der Waals surface area contributed by atoms with Crippen LogP contribution >= 0.6 is 0 Å². The Morgan fingerprint density at radius 1 is 1.09 bits per heavy atom. The minimum atomic E-state index is -0.501. The van der Waals surface area contributed by atoms with Crippen LogP contribution in [0, 0.1) is 5.21 Å². The third-order valence-corrected chi connectivity index (χ3v) is 5.33. The van der Waals surface area contributed by atoms with Gasteiger partial charge in [-0.15, -0.1) is 0 Å². The van der Waals surface area contributed by atoms with Crippen molar-refractivity contribution in [2.75, 3.05) is 26.2 Å². The number of esters is 1. The smallest absolute Gasteiger partial charge is 0.362 e. The molecule has 5 nitrogen and oxygen atoms in total. The summed E-state index contributed by atoms with van der Waals surface area (Å²) in [5.74, 6) is -0.138. The van der Waals surface area contributed by atoms with Gasteiger partial charge < -0.3 is 19.5 Å². The van der Waals surface area contributed by atoms with E-state index in [2.05, 4.69) is 20.8 Å². The Balaban J connectivity index is 2.73. The second-order valence-corrected chi connectivity index (χ2v) is 7.89. The molecular weight excluding hydrogens is 280 g/mol. The Labute approximate surface area is 135 Å². The van der Waals surface area contributed by atoms with Gasteiger partial charge in [0.05, 0.1) is 19.6 Å². The molecular formula is C17H34N2O3. The zero-order valence-corrected chi connectivity index (χ0v) is 15.4. The van der Waals surface area contributed by atoms with Crippen LogP contribution < -0.4 is 0 Å². The van der Waals surface area contributed by atoms with E-state index in [1.54, 1.807) is 0 Å². The number of nitrogens with zero attached hydrogens (tertiary/aromatic N) is 2. The molecule has 1 aliphatic rings. The largest absolute Gasteiger partial charge is 0.784 e. The molecule has 1 saturated heterocycles. The quantitative estimate of drug-likeness (QED) is 0.559. The molecule has 0 N–H and O–H groups in total. The van der Waals surface area contributed by atoms with Crippen molar-refractivity contribution in [1.82, 2.24) is 5.06 Å². The van der Waals surface area contributed by atoms with Crippen LogP contribution in [-0.2, 0) is 9.53 Å². The summed E-state index contributed by atoms with van der Waals surface area (Å²) in [6, 6.07) is 0. The van der Waals surface area contributed by atoms with E-state index >= 15 is 0 Å². The number of rotatable bonds is 6. The first-order valence-electron chi connectivity index (χ1n) is 8.54. The molecule has 0 aromatic rings. The zero-order chi connectivity index (χ0) is 17.2. The molecule has 0 spiro atoms. The number of likely N-dealkylation sites (N-methyl/N-ethyl adjacent to an activating group) is 1. The lowest BCUT2D eigenvalue weighted by molar-refractivity contribution is -0.916. The fourth-order valence-electron chi connectivity index (χ4n) is 3.76. The first kappa shape index (κ1) is 19.4. The lowest BCUT2D eigenvalue weighted by Crippen LogP contribution is -2.60. The number of hydroxylamine groups is 2. The maximum atomic E-state index is 12.4. The highest BCUT2D eigenvalue weighted by Crippen LogP contribution is 2.38. The van der Waals surface area contributed by atoms with E-state index < -0.39 is 11.1 Å². The standard InChI is InChI=1S/C17H34N2O3/c1-8-19(9-2,10-3)13-15(20)22-14-11-16(4,5)18(21)17(6,7)12-14/h14H,8-13H2,1-7H3. The lowest BCUT2D eigenvalue weighted by atomic mass is 9.80. The summed E-state index contributed by atoms with van der Waals surface area (Å²) in [5, 5.41) is 13.5. The first-order chi connectivity index (χ1) is 10.0. The van der Waals surface area contributed by atoms with Crippen LogP contribution in [0.2, 0.25) is 0 Å². The minimum Gasteiger partial charge on any atom is -0.784 e. The van der Waals surface area contributed by atoms with Crippen LogP contribution in [0.5, 0.6) is 0 Å². The third kappa shape index (κ3) is 4.21. The predicted octanol–water partition coefficient (Wildman–Crippen LogP) is 2.93. The molecule has 0 aliphatic carbocycles. The van der Waals surface area contributed by atoms with E-state index in [0.29, 0.717) is 19.4 Å². The molecule has 0 unspecified atom stereocenters. The first-order valence-corrected chi connectivity index (χ1v) is 8.54. The number of carbonyl (C=O) groups is 1. The second-order valence-electron chi connectivity index (χ2n) is 7.89. The molecule has 5 heteroatoms. The molecule has 1 heterocycles. The van der Waals surface area contributed by atoms with E-state index in [1.807, 2.05) is 27.7 Å². The van der Waals surface area contributed by atoms with Gasteiger partial charge in [0.2, 0.25) is 0 Å². The van der Waals surface area contributed by atoms with E-state index in [-0.39, 0.29) is 12.1 Å². The number of piperidine rings is 1. The number of hydrogen-bond acceptors (Lipinski definition) is 4. The average molecular weight is 314 g/mol. The highest BCUT2D eigenvalue weighted by Gasteiger charge is 2.42. The molecule has 0 amide bonds. The van der Waals surface area contributed by atoms with Crippen LogP contribution in [0.15, 0.2) is 0 Å². The fourth-order valence-corrected chi connectivity index (χ4v) is 3.76. The normalized spacial score (nSPS) is 22.5. The van der Waals surface area contributed by atoms with Crippen molar-refractivity contribution in [1.29, 1.82) is 0 Å². The lowest BCUT2D eigenvalue weighted by Gasteiger charge is -2.59. The summed E-state index contributed by atoms with van der Waals surface area (Å²) in [6.07, 6.45) is 1.02. The highest BCUT2D eigenvalue weighted by atomic mass is 16.5. The van der Waals surface area contributed by atoms with Crippen molar-refractivity contribution in [3.8, 4) is 0 Å². The summed E-state index contributed by atoms with van der Waals surface area (Å²) in [4.78, 5) is 12.4. The third-order valence-electron chi connectivity index (χ3n) is 5.33. The molecule has 0 aromatic carbocycles. The minimum absolute atomic E-state index is 0.138. The molecule has 130 valence electrons. The van der Waals surface area contributed by atoms with Gasteiger partial charge >= 0.3 is 5.97 Å². The van der Waals surface area contributed by atoms with Gasteiger partial charge in [0.1, 0.15) is 6.10 Å². The van der Waals surface area contributed by atoms with Crippen LogP contribution in [0.25, 0.3) is 0 Å². The highest BCUT2D eigenvalue weighted by molar-refractivity contribution is 5.70. The maximum Gasteiger partial charge on any atom is 0.362 e. The molecule has 22 heavy (non-hydrogen) atoms. The second kappa shape index (κ2) is 6.85. The van der Waals surface area contributed by atoms with Gasteiger partial charge in [-0.3, -0.25) is 0 Å². The van der Waals surface area contributed by atoms with Gasteiger partial charge in [-0.2, -0.15) is 0 Å². The van der Waals surface area contributed by atoms with Gasteiger partial charge in [-0.25, -0.2) is 4.79 Å². The molecule has 0 atom stereocenters. The zero-order valence-electron chi connectivity index (χ0n) is 15.4. The van der Waals surface area contributed by atoms with Crippen LogP contribution in [0.1, 0.15) is 61.3 Å². The van der Waals surface area contributed by atoms with Crippen LogP contribution in [0.4, 0.5) is 0 Å². The van der Waals surface area contributed by atoms with Crippen molar-refractivity contribution in [3.63, 3.8) is 0 Å². The Morgan fingerprint density at radius 3 is 1.86 bits per heavy atom. The Morgan fingerprint density at radius 2 is 1.50 bits per heavy atom. The Hall–Kier alpha value is -0.650. The van der Waals surface area contributed by atoms with Crippen molar-refractivity contribution in [2.45, 2.75) is 78.5 Å². The van der Waals surface area contributed by atoms with Crippen LogP contribution in [0.3, 0.4) is 0 Å². The van der Waals surface area contributed by atoms with Crippen molar-refractivity contribution >= 4 is 5.97 Å². The summed E-state index contributed by atoms with van der Waals surface area (Å²) >= 11 is 0. The van der Waals surface area contributed by atoms with Gasteiger partial charge in [0.25, 0.3) is 0 Å². The Kier molecular flexibility index (Phi) is 6.04. The molecule has 1 rings (SSSR count). The van der Waals surface area contributed by atoms with Crippen molar-refractivity contribution in [2.24, 2.45) is 0 Å². The van der Waals surface area contributed by atoms with Crippen molar-refractivity contribution < 1.29 is 14.0 Å². The van der Waals surface area contributed by atoms with Gasteiger partial charge in [-0.1, -0.05) is 0 Å². The Bertz CT molecular complexity index is 363. The SMILES string of the molecule is CC[N+](CC)(CC)CC(=O)OC1CC(C)(C)N([O-])C(C)(C)C1. The van der Waals surface area contributed by atoms with E-state index in [4.69, 9.17) is 4.74 Å². The molecule has 0 radical (unpaired) electrons. The number of quaternary nitrogens is 1. The van der Waals surface area contributed by atoms with E-state index in [9.17, 15) is 10.0 Å². The molecule has 0 saturated carbocycles. The van der Waals surface area contributed by atoms with E-state index in [1.165, 1.54) is 0 Å². The summed E-state index contributed by atoms with van der Waals surface area (Å²) < 4.78 is 6.51. The summed E-state index contributed by atoms with van der Waals surface area (Å²) in [7, 11) is 0. The fraction of sp³-hybridized carbons (Fsp3) is 0.941. The average Bonchev–Trinajstić information content (AvgIpc) is 2.41. The number of carbonyl (C=O) groups excluding carboxylic acids is 1. The topological polar surface area (TPSA) is 52.6 Å². The summed E-state index contributed by atoms with van der Waals surface area (Å²) in [5.41, 5.74) is -1.00. The molecule has 0 bridgehead atoms. The predicted molar refractivity (Wildman–Crippen MR) is 89.2 cm³/mol. The maximum absolute atomic E-state index is 12.4. The molecule has 1 aliphatic heterocycles. The number of ether oxygens (including phenoxy) is 1. The monoisotopic (exact) mass is 314 g/mol. The van der Waals surface area contributed by atoms with Crippen molar-refractivity contribution in [3.05, 3.63) is 5.21 Å². The van der Waals surface area contributed by atoms with Crippen LogP contribution in [-0.4, -0.2) is 58.9 Å². The molecule has 0 aromatic heterocycles. The van der Waals surface area contributed by atoms with E-state index in [0.717, 1.165) is 29.2 Å². The van der Waals surface area contributed by atoms with Gasteiger partial charge in [-0.05, 0) is 48.5 Å².